The summed E-state index contributed by atoms with van der Waals surface area (Å²) in [7, 11) is 0. The van der Waals surface area contributed by atoms with Crippen LogP contribution < -0.4 is 14.5 Å². The number of anilines is 2. The third-order valence-corrected chi connectivity index (χ3v) is 3.87. The van der Waals surface area contributed by atoms with Gasteiger partial charge in [0, 0.05) is 37.4 Å². The molecule has 0 saturated carbocycles. The van der Waals surface area contributed by atoms with Crippen molar-refractivity contribution in [3.05, 3.63) is 54.1 Å². The molecule has 0 amide bonds. The van der Waals surface area contributed by atoms with Gasteiger partial charge in [0.2, 0.25) is 0 Å². The molecule has 6 heteroatoms. The number of nitrogens with zero attached hydrogens (tertiary/aromatic N) is 2. The van der Waals surface area contributed by atoms with Gasteiger partial charge in [0.25, 0.3) is 0 Å². The molecule has 1 aliphatic heterocycles. The molecule has 1 fully saturated rings. The lowest BCUT2D eigenvalue weighted by Gasteiger charge is -2.37. The minimum Gasteiger partial charge on any atom is -0.406 e. The van der Waals surface area contributed by atoms with E-state index in [4.69, 9.17) is 11.0 Å². The molecule has 0 spiro atoms. The minimum atomic E-state index is -4.98. The van der Waals surface area contributed by atoms with Crippen molar-refractivity contribution < 1.29 is 28.9 Å². The lowest BCUT2D eigenvalue weighted by molar-refractivity contribution is -0.274. The molecule has 0 atom stereocenters. The molecule has 1 heterocycles. The van der Waals surface area contributed by atoms with E-state index in [2.05, 4.69) is 4.74 Å². The number of benzene rings is 2. The zero-order chi connectivity index (χ0) is 26.8. The second-order valence-corrected chi connectivity index (χ2v) is 6.96. The van der Waals surface area contributed by atoms with Crippen molar-refractivity contribution in [2.45, 2.75) is 32.5 Å². The molecule has 0 unspecified atom stereocenters. The second-order valence-electron chi connectivity index (χ2n) is 6.96. The van der Waals surface area contributed by atoms with Crippen molar-refractivity contribution in [1.29, 1.82) is 0 Å². The highest BCUT2D eigenvalue weighted by Crippen LogP contribution is 2.28. The molecule has 0 aliphatic carbocycles. The first-order valence-electron chi connectivity index (χ1n) is 12.2. The summed E-state index contributed by atoms with van der Waals surface area (Å²) in [6, 6.07) is 9.54. The summed E-state index contributed by atoms with van der Waals surface area (Å²) >= 11 is 0. The van der Waals surface area contributed by atoms with E-state index in [9.17, 15) is 13.2 Å². The van der Waals surface area contributed by atoms with Crippen LogP contribution in [0.1, 0.15) is 37.3 Å². The Hall–Kier alpha value is -2.37. The van der Waals surface area contributed by atoms with Crippen LogP contribution in [0.5, 0.6) is 5.75 Å². The van der Waals surface area contributed by atoms with Crippen LogP contribution in [0, 0.1) is 0 Å². The molecule has 146 valence electrons. The van der Waals surface area contributed by atoms with Gasteiger partial charge < -0.3 is 14.5 Å². The molecule has 1 saturated heterocycles. The molecular weight excluding hydrogens is 353 g/mol. The number of hydrogen-bond acceptors (Lipinski definition) is 3. The van der Waals surface area contributed by atoms with Crippen LogP contribution in [0.25, 0.3) is 0 Å². The fraction of sp³-hybridized carbons (Fsp3) is 0.429. The molecule has 3 nitrogen and oxygen atoms in total. The van der Waals surface area contributed by atoms with E-state index in [1.807, 2.05) is 20.8 Å². The molecule has 0 N–H and O–H groups in total. The molecule has 0 bridgehead atoms. The maximum atomic E-state index is 12.5. The number of alkyl halides is 3. The van der Waals surface area contributed by atoms with Gasteiger partial charge in [-0.2, -0.15) is 0 Å². The SMILES string of the molecule is [2H]C1([2H])N(c2ccc(OC(F)(F)F)cc2)C([2H])([2H])C([2H])([2H])N(c2ccc(C(C)(C)C)cc2)C1([2H])[2H]. The first-order chi connectivity index (χ1) is 15.6. The summed E-state index contributed by atoms with van der Waals surface area (Å²) in [6.07, 6.45) is -4.98. The average Bonchev–Trinajstić information content (AvgIpc) is 2.66. The van der Waals surface area contributed by atoms with Crippen molar-refractivity contribution in [1.82, 2.24) is 0 Å². The fourth-order valence-electron chi connectivity index (χ4n) is 2.42. The summed E-state index contributed by atoms with van der Waals surface area (Å²) in [6.45, 7) is -6.74. The van der Waals surface area contributed by atoms with E-state index in [0.717, 1.165) is 29.8 Å². The summed E-state index contributed by atoms with van der Waals surface area (Å²) in [5, 5.41) is 0. The maximum absolute atomic E-state index is 12.5. The Labute approximate surface area is 169 Å². The predicted octanol–water partition coefficient (Wildman–Crippen LogP) is 5.21. The molecule has 0 radical (unpaired) electrons. The van der Waals surface area contributed by atoms with E-state index in [0.29, 0.717) is 4.90 Å². The Balaban J connectivity index is 2.11. The fourth-order valence-corrected chi connectivity index (χ4v) is 2.42. The van der Waals surface area contributed by atoms with E-state index >= 15 is 0 Å². The molecular formula is C21H25F3N2O. The predicted molar refractivity (Wildman–Crippen MR) is 103 cm³/mol. The van der Waals surface area contributed by atoms with Gasteiger partial charge in [0.1, 0.15) is 5.75 Å². The van der Waals surface area contributed by atoms with Gasteiger partial charge in [0.05, 0.1) is 11.0 Å². The second kappa shape index (κ2) is 7.33. The summed E-state index contributed by atoms with van der Waals surface area (Å²) < 4.78 is 110. The number of hydrogen-bond donors (Lipinski definition) is 0. The zero-order valence-electron chi connectivity index (χ0n) is 23.1. The highest BCUT2D eigenvalue weighted by Gasteiger charge is 2.31. The first-order valence-corrected chi connectivity index (χ1v) is 8.21. The van der Waals surface area contributed by atoms with Crippen molar-refractivity contribution in [2.75, 3.05) is 35.8 Å². The normalized spacial score (nSPS) is 27.6. The van der Waals surface area contributed by atoms with E-state index in [-0.39, 0.29) is 21.7 Å². The Bertz CT molecular complexity index is 1040. The van der Waals surface area contributed by atoms with E-state index < -0.39 is 38.1 Å². The highest BCUT2D eigenvalue weighted by atomic mass is 19.4. The number of ether oxygens (including phenoxy) is 1. The lowest BCUT2D eigenvalue weighted by atomic mass is 9.87. The minimum absolute atomic E-state index is 0.0747. The third-order valence-electron chi connectivity index (χ3n) is 3.87. The summed E-state index contributed by atoms with van der Waals surface area (Å²) in [5.74, 6) is -0.647. The number of piperazine rings is 1. The zero-order valence-corrected chi connectivity index (χ0v) is 15.1. The Kier molecular flexibility index (Phi) is 3.11. The van der Waals surface area contributed by atoms with Gasteiger partial charge in [-0.15, -0.1) is 13.2 Å². The maximum Gasteiger partial charge on any atom is 0.573 e. The molecule has 27 heavy (non-hydrogen) atoms. The van der Waals surface area contributed by atoms with E-state index in [1.165, 1.54) is 12.1 Å². The van der Waals surface area contributed by atoms with Gasteiger partial charge in [-0.05, 0) is 47.4 Å². The standard InChI is InChI=1S/C21H25F3N2O/c1-20(2,3)16-4-6-17(7-5-16)25-12-14-26(15-13-25)18-8-10-19(11-9-18)27-21(22,23)24/h4-11H,12-15H2,1-3H3/i12D2,13D2,14D2,15D2. The van der Waals surface area contributed by atoms with Gasteiger partial charge in [-0.1, -0.05) is 32.9 Å². The molecule has 2 aromatic carbocycles. The average molecular weight is 386 g/mol. The van der Waals surface area contributed by atoms with Gasteiger partial charge in [-0.3, -0.25) is 0 Å². The molecule has 1 aliphatic rings. The Morgan fingerprint density at radius 1 is 0.778 bits per heavy atom. The van der Waals surface area contributed by atoms with Crippen molar-refractivity contribution in [3.63, 3.8) is 0 Å². The van der Waals surface area contributed by atoms with Crippen molar-refractivity contribution in [2.24, 2.45) is 0 Å². The molecule has 2 aromatic rings. The van der Waals surface area contributed by atoms with Crippen LogP contribution in [-0.2, 0) is 5.41 Å². The molecule has 0 aromatic heterocycles. The van der Waals surface area contributed by atoms with Crippen molar-refractivity contribution >= 4 is 11.4 Å². The Morgan fingerprint density at radius 3 is 1.56 bits per heavy atom. The van der Waals surface area contributed by atoms with E-state index in [1.54, 1.807) is 12.1 Å². The van der Waals surface area contributed by atoms with Crippen LogP contribution in [0.15, 0.2) is 48.5 Å². The van der Waals surface area contributed by atoms with Crippen molar-refractivity contribution in [3.8, 4) is 5.75 Å². The van der Waals surface area contributed by atoms with Crippen LogP contribution >= 0.6 is 0 Å². The van der Waals surface area contributed by atoms with Crippen LogP contribution in [-0.4, -0.2) is 32.3 Å². The van der Waals surface area contributed by atoms with Gasteiger partial charge in [0.15, 0.2) is 0 Å². The van der Waals surface area contributed by atoms with Gasteiger partial charge in [-0.25, -0.2) is 0 Å². The quantitative estimate of drug-likeness (QED) is 0.720. The molecule has 3 rings (SSSR count). The summed E-state index contributed by atoms with van der Waals surface area (Å²) in [4.78, 5) is 0.710. The number of rotatable bonds is 3. The van der Waals surface area contributed by atoms with Crippen LogP contribution in [0.3, 0.4) is 0 Å². The monoisotopic (exact) mass is 386 g/mol. The Morgan fingerprint density at radius 2 is 1.19 bits per heavy atom. The lowest BCUT2D eigenvalue weighted by Crippen LogP contribution is -2.46. The smallest absolute Gasteiger partial charge is 0.406 e. The topological polar surface area (TPSA) is 15.7 Å². The largest absolute Gasteiger partial charge is 0.573 e. The number of halogens is 3. The van der Waals surface area contributed by atoms with Gasteiger partial charge >= 0.3 is 6.36 Å². The highest BCUT2D eigenvalue weighted by molar-refractivity contribution is 5.53. The van der Waals surface area contributed by atoms with Crippen LogP contribution in [0.2, 0.25) is 0 Å². The third kappa shape index (κ3) is 5.08. The van der Waals surface area contributed by atoms with Crippen LogP contribution in [0.4, 0.5) is 24.5 Å². The summed E-state index contributed by atoms with van der Waals surface area (Å²) in [5.41, 5.74) is 0.146. The first kappa shape index (κ1) is 11.5.